The average molecular weight is 292 g/mol. The van der Waals surface area contributed by atoms with E-state index < -0.39 is 0 Å². The molecule has 0 fully saturated rings. The van der Waals surface area contributed by atoms with Crippen LogP contribution in [0, 0.1) is 5.82 Å². The third kappa shape index (κ3) is 2.65. The van der Waals surface area contributed by atoms with E-state index in [0.717, 1.165) is 28.9 Å². The molecule has 0 bridgehead atoms. The minimum absolute atomic E-state index is 0.248. The minimum atomic E-state index is -0.262. The number of nitrogens with two attached hydrogens (primary N) is 1. The molecule has 3 rings (SSSR count). The zero-order valence-electron chi connectivity index (χ0n) is 10.9. The standard InChI is InChI=1S/C16H15ClFNO/c17-12-8-11-4-5-20-16(11)14(9-12)15(19)7-10-2-1-3-13(18)6-10/h1-3,6,8-9,15H,4-5,7,19H2. The molecule has 2 N–H and O–H groups in total. The van der Waals surface area contributed by atoms with Gasteiger partial charge in [-0.25, -0.2) is 4.39 Å². The lowest BCUT2D eigenvalue weighted by Gasteiger charge is -2.16. The summed E-state index contributed by atoms with van der Waals surface area (Å²) in [5.41, 5.74) is 9.12. The molecular weight excluding hydrogens is 277 g/mol. The fourth-order valence-corrected chi connectivity index (χ4v) is 2.85. The maximum atomic E-state index is 13.2. The topological polar surface area (TPSA) is 35.2 Å². The Morgan fingerprint density at radius 3 is 2.95 bits per heavy atom. The molecule has 1 aliphatic rings. The maximum absolute atomic E-state index is 13.2. The average Bonchev–Trinajstić information content (AvgIpc) is 2.85. The van der Waals surface area contributed by atoms with Gasteiger partial charge in [0.25, 0.3) is 0 Å². The summed E-state index contributed by atoms with van der Waals surface area (Å²) in [7, 11) is 0. The number of rotatable bonds is 3. The molecule has 4 heteroatoms. The summed E-state index contributed by atoms with van der Waals surface area (Å²) < 4.78 is 18.9. The van der Waals surface area contributed by atoms with Crippen LogP contribution in [0.15, 0.2) is 36.4 Å². The van der Waals surface area contributed by atoms with Gasteiger partial charge in [-0.05, 0) is 41.8 Å². The second kappa shape index (κ2) is 5.43. The van der Waals surface area contributed by atoms with E-state index in [-0.39, 0.29) is 11.9 Å². The van der Waals surface area contributed by atoms with E-state index in [1.807, 2.05) is 18.2 Å². The highest BCUT2D eigenvalue weighted by atomic mass is 35.5. The Bertz CT molecular complexity index is 644. The fraction of sp³-hybridized carbons (Fsp3) is 0.250. The van der Waals surface area contributed by atoms with Gasteiger partial charge < -0.3 is 10.5 Å². The molecule has 20 heavy (non-hydrogen) atoms. The molecule has 1 heterocycles. The smallest absolute Gasteiger partial charge is 0.127 e. The van der Waals surface area contributed by atoms with Crippen LogP contribution >= 0.6 is 11.6 Å². The Kier molecular flexibility index (Phi) is 3.64. The van der Waals surface area contributed by atoms with Crippen molar-refractivity contribution in [3.8, 4) is 5.75 Å². The molecule has 2 nitrogen and oxygen atoms in total. The Morgan fingerprint density at radius 1 is 1.30 bits per heavy atom. The van der Waals surface area contributed by atoms with Gasteiger partial charge in [-0.15, -0.1) is 0 Å². The molecule has 2 aromatic rings. The normalized spacial score (nSPS) is 14.8. The minimum Gasteiger partial charge on any atom is -0.493 e. The summed E-state index contributed by atoms with van der Waals surface area (Å²) in [6.07, 6.45) is 1.41. The van der Waals surface area contributed by atoms with Gasteiger partial charge in [0.1, 0.15) is 11.6 Å². The van der Waals surface area contributed by atoms with E-state index in [1.54, 1.807) is 6.07 Å². The van der Waals surface area contributed by atoms with Crippen LogP contribution in [0.4, 0.5) is 4.39 Å². The first-order valence-corrected chi connectivity index (χ1v) is 6.96. The molecule has 1 atom stereocenters. The number of hydrogen-bond acceptors (Lipinski definition) is 2. The van der Waals surface area contributed by atoms with Crippen molar-refractivity contribution in [1.29, 1.82) is 0 Å². The van der Waals surface area contributed by atoms with Gasteiger partial charge in [-0.1, -0.05) is 23.7 Å². The highest BCUT2D eigenvalue weighted by Crippen LogP contribution is 2.36. The summed E-state index contributed by atoms with van der Waals surface area (Å²) in [5, 5.41) is 0.666. The molecule has 0 radical (unpaired) electrons. The second-order valence-electron chi connectivity index (χ2n) is 5.02. The quantitative estimate of drug-likeness (QED) is 0.937. The Labute approximate surface area is 122 Å². The monoisotopic (exact) mass is 291 g/mol. The van der Waals surface area contributed by atoms with Gasteiger partial charge in [-0.2, -0.15) is 0 Å². The molecular formula is C16H15ClFNO. The SMILES string of the molecule is NC(Cc1cccc(F)c1)c1cc(Cl)cc2c1OCC2. The molecule has 1 unspecified atom stereocenters. The Morgan fingerprint density at radius 2 is 2.15 bits per heavy atom. The molecule has 0 saturated heterocycles. The van der Waals surface area contributed by atoms with Crippen molar-refractivity contribution in [2.75, 3.05) is 6.61 Å². The second-order valence-corrected chi connectivity index (χ2v) is 5.46. The van der Waals surface area contributed by atoms with Crippen molar-refractivity contribution >= 4 is 11.6 Å². The van der Waals surface area contributed by atoms with E-state index in [9.17, 15) is 4.39 Å². The van der Waals surface area contributed by atoms with Crippen LogP contribution in [0.2, 0.25) is 5.02 Å². The third-order valence-corrected chi connectivity index (χ3v) is 3.74. The lowest BCUT2D eigenvalue weighted by atomic mass is 9.97. The summed E-state index contributed by atoms with van der Waals surface area (Å²) >= 11 is 6.13. The van der Waals surface area contributed by atoms with Crippen LogP contribution in [0.1, 0.15) is 22.7 Å². The van der Waals surface area contributed by atoms with Crippen molar-refractivity contribution in [3.63, 3.8) is 0 Å². The zero-order chi connectivity index (χ0) is 14.1. The van der Waals surface area contributed by atoms with Gasteiger partial charge in [0.15, 0.2) is 0 Å². The van der Waals surface area contributed by atoms with Gasteiger partial charge in [0.2, 0.25) is 0 Å². The number of ether oxygens (including phenoxy) is 1. The summed E-state index contributed by atoms with van der Waals surface area (Å²) in [5.74, 6) is 0.598. The largest absolute Gasteiger partial charge is 0.493 e. The highest BCUT2D eigenvalue weighted by Gasteiger charge is 2.21. The first-order chi connectivity index (χ1) is 9.63. The van der Waals surface area contributed by atoms with E-state index >= 15 is 0 Å². The van der Waals surface area contributed by atoms with Crippen molar-refractivity contribution < 1.29 is 9.13 Å². The number of hydrogen-bond donors (Lipinski definition) is 1. The summed E-state index contributed by atoms with van der Waals surface area (Å²) in [6.45, 7) is 0.662. The van der Waals surface area contributed by atoms with Crippen LogP contribution in [0.3, 0.4) is 0 Å². The molecule has 0 aliphatic carbocycles. The first kappa shape index (κ1) is 13.4. The van der Waals surface area contributed by atoms with Crippen molar-refractivity contribution in [2.45, 2.75) is 18.9 Å². The number of fused-ring (bicyclic) bond motifs is 1. The maximum Gasteiger partial charge on any atom is 0.127 e. The first-order valence-electron chi connectivity index (χ1n) is 6.58. The molecule has 0 amide bonds. The van der Waals surface area contributed by atoms with Gasteiger partial charge >= 0.3 is 0 Å². The lowest BCUT2D eigenvalue weighted by Crippen LogP contribution is -2.14. The van der Waals surface area contributed by atoms with Crippen molar-refractivity contribution in [3.05, 3.63) is 63.9 Å². The van der Waals surface area contributed by atoms with E-state index in [0.29, 0.717) is 18.1 Å². The molecule has 0 saturated carbocycles. The predicted octanol–water partition coefficient (Wildman–Crippen LogP) is 3.66. The highest BCUT2D eigenvalue weighted by molar-refractivity contribution is 6.30. The van der Waals surface area contributed by atoms with Crippen LogP contribution in [-0.4, -0.2) is 6.61 Å². The zero-order valence-corrected chi connectivity index (χ0v) is 11.7. The predicted molar refractivity (Wildman–Crippen MR) is 77.7 cm³/mol. The van der Waals surface area contributed by atoms with Crippen LogP contribution < -0.4 is 10.5 Å². The molecule has 0 spiro atoms. The van der Waals surface area contributed by atoms with Crippen LogP contribution in [0.5, 0.6) is 5.75 Å². The van der Waals surface area contributed by atoms with Crippen molar-refractivity contribution in [2.24, 2.45) is 5.73 Å². The van der Waals surface area contributed by atoms with Crippen molar-refractivity contribution in [1.82, 2.24) is 0 Å². The molecule has 104 valence electrons. The summed E-state index contributed by atoms with van der Waals surface area (Å²) in [4.78, 5) is 0. The molecule has 1 aliphatic heterocycles. The molecule has 0 aromatic heterocycles. The van der Waals surface area contributed by atoms with Crippen LogP contribution in [0.25, 0.3) is 0 Å². The van der Waals surface area contributed by atoms with Gasteiger partial charge in [0, 0.05) is 23.0 Å². The third-order valence-electron chi connectivity index (χ3n) is 3.52. The van der Waals surface area contributed by atoms with E-state index in [2.05, 4.69) is 0 Å². The van der Waals surface area contributed by atoms with E-state index in [1.165, 1.54) is 12.1 Å². The fourth-order valence-electron chi connectivity index (χ4n) is 2.60. The van der Waals surface area contributed by atoms with Gasteiger partial charge in [0.05, 0.1) is 6.61 Å². The Balaban J connectivity index is 1.89. The Hall–Kier alpha value is -1.58. The lowest BCUT2D eigenvalue weighted by molar-refractivity contribution is 0.351. The summed E-state index contributed by atoms with van der Waals surface area (Å²) in [6, 6.07) is 9.99. The molecule has 2 aromatic carbocycles. The van der Waals surface area contributed by atoms with E-state index in [4.69, 9.17) is 22.1 Å². The van der Waals surface area contributed by atoms with Gasteiger partial charge in [-0.3, -0.25) is 0 Å². The number of benzene rings is 2. The van der Waals surface area contributed by atoms with Crippen LogP contribution in [-0.2, 0) is 12.8 Å². The number of halogens is 2.